The van der Waals surface area contributed by atoms with Crippen LogP contribution >= 0.6 is 0 Å². The Balaban J connectivity index is 1.77. The first-order valence-electron chi connectivity index (χ1n) is 8.17. The number of phenols is 1. The maximum atomic E-state index is 9.84. The number of unbranched alkanes of at least 4 members (excludes halogenated alkanes) is 1. The van der Waals surface area contributed by atoms with Crippen molar-refractivity contribution in [1.29, 1.82) is 0 Å². The standard InChI is InChI=1S/C18H28N2O2/c1-4-5-12-22-16(3)14-19-8-10-20(11-9-19)17-7-6-15(2)18(21)13-17/h6-7,13,21H,3-5,8-12,14H2,1-2H3. The third-order valence-corrected chi connectivity index (χ3v) is 4.13. The summed E-state index contributed by atoms with van der Waals surface area (Å²) < 4.78 is 5.64. The van der Waals surface area contributed by atoms with Gasteiger partial charge < -0.3 is 14.7 Å². The molecule has 1 aliphatic heterocycles. The predicted molar refractivity (Wildman–Crippen MR) is 91.5 cm³/mol. The van der Waals surface area contributed by atoms with Crippen LogP contribution < -0.4 is 4.90 Å². The molecule has 4 nitrogen and oxygen atoms in total. The molecule has 1 fully saturated rings. The molecule has 0 atom stereocenters. The van der Waals surface area contributed by atoms with E-state index in [0.29, 0.717) is 5.75 Å². The fourth-order valence-electron chi connectivity index (χ4n) is 2.61. The molecule has 1 aromatic rings. The first-order valence-corrected chi connectivity index (χ1v) is 8.17. The zero-order valence-corrected chi connectivity index (χ0v) is 13.8. The van der Waals surface area contributed by atoms with E-state index in [1.54, 1.807) is 0 Å². The van der Waals surface area contributed by atoms with Gasteiger partial charge >= 0.3 is 0 Å². The molecule has 1 saturated heterocycles. The van der Waals surface area contributed by atoms with Crippen molar-refractivity contribution in [2.24, 2.45) is 0 Å². The molecular weight excluding hydrogens is 276 g/mol. The topological polar surface area (TPSA) is 35.9 Å². The molecule has 0 bridgehead atoms. The van der Waals surface area contributed by atoms with Gasteiger partial charge in [-0.3, -0.25) is 4.90 Å². The van der Waals surface area contributed by atoms with Gasteiger partial charge in [0.2, 0.25) is 0 Å². The molecule has 1 heterocycles. The van der Waals surface area contributed by atoms with Gasteiger partial charge in [0.25, 0.3) is 0 Å². The Morgan fingerprint density at radius 1 is 1.27 bits per heavy atom. The normalized spacial score (nSPS) is 15.8. The maximum Gasteiger partial charge on any atom is 0.120 e. The molecule has 0 radical (unpaired) electrons. The molecule has 1 aliphatic rings. The zero-order valence-electron chi connectivity index (χ0n) is 13.8. The van der Waals surface area contributed by atoms with Gasteiger partial charge in [-0.2, -0.15) is 0 Å². The molecule has 2 rings (SSSR count). The van der Waals surface area contributed by atoms with Crippen LogP contribution in [0, 0.1) is 6.92 Å². The van der Waals surface area contributed by atoms with Gasteiger partial charge in [-0.15, -0.1) is 0 Å². The van der Waals surface area contributed by atoms with Crippen LogP contribution in [0.2, 0.25) is 0 Å². The molecule has 0 unspecified atom stereocenters. The van der Waals surface area contributed by atoms with Crippen LogP contribution in [0.3, 0.4) is 0 Å². The molecule has 0 aromatic heterocycles. The van der Waals surface area contributed by atoms with Gasteiger partial charge in [-0.05, 0) is 25.0 Å². The number of anilines is 1. The van der Waals surface area contributed by atoms with E-state index < -0.39 is 0 Å². The number of benzene rings is 1. The summed E-state index contributed by atoms with van der Waals surface area (Å²) in [5, 5.41) is 9.84. The number of hydrogen-bond donors (Lipinski definition) is 1. The van der Waals surface area contributed by atoms with Crippen LogP contribution in [0.4, 0.5) is 5.69 Å². The van der Waals surface area contributed by atoms with Crippen molar-refractivity contribution >= 4 is 5.69 Å². The van der Waals surface area contributed by atoms with E-state index >= 15 is 0 Å². The molecule has 0 aliphatic carbocycles. The highest BCUT2D eigenvalue weighted by Gasteiger charge is 2.18. The Labute approximate surface area is 134 Å². The summed E-state index contributed by atoms with van der Waals surface area (Å²) in [5.74, 6) is 1.24. The van der Waals surface area contributed by atoms with Crippen LogP contribution in [0.25, 0.3) is 0 Å². The summed E-state index contributed by atoms with van der Waals surface area (Å²) >= 11 is 0. The van der Waals surface area contributed by atoms with Gasteiger partial charge in [0.1, 0.15) is 11.5 Å². The summed E-state index contributed by atoms with van der Waals surface area (Å²) in [6.45, 7) is 13.6. The smallest absolute Gasteiger partial charge is 0.120 e. The van der Waals surface area contributed by atoms with E-state index in [4.69, 9.17) is 4.74 Å². The fourth-order valence-corrected chi connectivity index (χ4v) is 2.61. The molecule has 22 heavy (non-hydrogen) atoms. The van der Waals surface area contributed by atoms with E-state index in [0.717, 1.165) is 69.2 Å². The lowest BCUT2D eigenvalue weighted by Crippen LogP contribution is -2.47. The molecule has 1 N–H and O–H groups in total. The number of ether oxygens (including phenoxy) is 1. The highest BCUT2D eigenvalue weighted by molar-refractivity contribution is 5.53. The molecule has 1 aromatic carbocycles. The second-order valence-electron chi connectivity index (χ2n) is 5.97. The number of aromatic hydroxyl groups is 1. The SMILES string of the molecule is C=C(CN1CCN(c2ccc(C)c(O)c2)CC1)OCCCC. The molecule has 0 saturated carbocycles. The quantitative estimate of drug-likeness (QED) is 0.620. The number of aryl methyl sites for hydroxylation is 1. The van der Waals surface area contributed by atoms with Crippen molar-refractivity contribution in [3.05, 3.63) is 36.1 Å². The molecule has 0 amide bonds. The molecule has 122 valence electrons. The van der Waals surface area contributed by atoms with Crippen molar-refractivity contribution in [2.75, 3.05) is 44.2 Å². The number of hydrogen-bond acceptors (Lipinski definition) is 4. The Hall–Kier alpha value is -1.68. The number of piperazine rings is 1. The van der Waals surface area contributed by atoms with Crippen LogP contribution in [0.1, 0.15) is 25.3 Å². The third kappa shape index (κ3) is 4.67. The summed E-state index contributed by atoms with van der Waals surface area (Å²) in [6, 6.07) is 5.91. The van der Waals surface area contributed by atoms with Gasteiger partial charge in [-0.1, -0.05) is 26.0 Å². The van der Waals surface area contributed by atoms with Crippen molar-refractivity contribution in [3.63, 3.8) is 0 Å². The van der Waals surface area contributed by atoms with Crippen LogP contribution in [0.5, 0.6) is 5.75 Å². The van der Waals surface area contributed by atoms with Gasteiger partial charge in [0, 0.05) is 37.9 Å². The Kier molecular flexibility index (Phi) is 6.13. The molecular formula is C18H28N2O2. The monoisotopic (exact) mass is 304 g/mol. The summed E-state index contributed by atoms with van der Waals surface area (Å²) in [7, 11) is 0. The average molecular weight is 304 g/mol. The van der Waals surface area contributed by atoms with Crippen molar-refractivity contribution in [1.82, 2.24) is 4.90 Å². The van der Waals surface area contributed by atoms with Gasteiger partial charge in [0.15, 0.2) is 0 Å². The van der Waals surface area contributed by atoms with E-state index in [1.165, 1.54) is 0 Å². The predicted octanol–water partition coefficient (Wildman–Crippen LogP) is 3.15. The van der Waals surface area contributed by atoms with Crippen molar-refractivity contribution < 1.29 is 9.84 Å². The van der Waals surface area contributed by atoms with Gasteiger partial charge in [-0.25, -0.2) is 0 Å². The summed E-state index contributed by atoms with van der Waals surface area (Å²) in [4.78, 5) is 4.69. The second kappa shape index (κ2) is 8.08. The highest BCUT2D eigenvalue weighted by Crippen LogP contribution is 2.24. The number of nitrogens with zero attached hydrogens (tertiary/aromatic N) is 2. The van der Waals surface area contributed by atoms with E-state index in [-0.39, 0.29) is 0 Å². The Bertz CT molecular complexity index is 494. The Morgan fingerprint density at radius 2 is 2.00 bits per heavy atom. The van der Waals surface area contributed by atoms with Crippen LogP contribution in [-0.2, 0) is 4.74 Å². The summed E-state index contributed by atoms with van der Waals surface area (Å²) in [6.07, 6.45) is 2.24. The van der Waals surface area contributed by atoms with E-state index in [1.807, 2.05) is 19.1 Å². The zero-order chi connectivity index (χ0) is 15.9. The first-order chi connectivity index (χ1) is 10.6. The number of rotatable bonds is 7. The molecule has 4 heteroatoms. The van der Waals surface area contributed by atoms with Crippen molar-refractivity contribution in [2.45, 2.75) is 26.7 Å². The lowest BCUT2D eigenvalue weighted by molar-refractivity contribution is 0.164. The summed E-state index contributed by atoms with van der Waals surface area (Å²) in [5.41, 5.74) is 2.02. The third-order valence-electron chi connectivity index (χ3n) is 4.13. The minimum atomic E-state index is 0.373. The maximum absolute atomic E-state index is 9.84. The minimum Gasteiger partial charge on any atom is -0.508 e. The second-order valence-corrected chi connectivity index (χ2v) is 5.97. The first kappa shape index (κ1) is 16.7. The largest absolute Gasteiger partial charge is 0.508 e. The lowest BCUT2D eigenvalue weighted by Gasteiger charge is -2.36. The van der Waals surface area contributed by atoms with Gasteiger partial charge in [0.05, 0.1) is 13.2 Å². The fraction of sp³-hybridized carbons (Fsp3) is 0.556. The highest BCUT2D eigenvalue weighted by atomic mass is 16.5. The van der Waals surface area contributed by atoms with Crippen molar-refractivity contribution in [3.8, 4) is 5.75 Å². The van der Waals surface area contributed by atoms with E-state index in [2.05, 4.69) is 29.4 Å². The minimum absolute atomic E-state index is 0.373. The average Bonchev–Trinajstić information content (AvgIpc) is 2.51. The Morgan fingerprint density at radius 3 is 2.64 bits per heavy atom. The number of phenolic OH excluding ortho intramolecular Hbond substituents is 1. The molecule has 0 spiro atoms. The van der Waals surface area contributed by atoms with Crippen LogP contribution in [0.15, 0.2) is 30.5 Å². The van der Waals surface area contributed by atoms with E-state index in [9.17, 15) is 5.11 Å². The lowest BCUT2D eigenvalue weighted by atomic mass is 10.1. The van der Waals surface area contributed by atoms with Crippen LogP contribution in [-0.4, -0.2) is 49.3 Å².